The van der Waals surface area contributed by atoms with Gasteiger partial charge in [0, 0.05) is 35.8 Å². The Bertz CT molecular complexity index is 1300. The van der Waals surface area contributed by atoms with Crippen LogP contribution in [-0.2, 0) is 24.8 Å². The van der Waals surface area contributed by atoms with Crippen LogP contribution in [0.4, 0.5) is 0 Å². The Labute approximate surface area is 264 Å². The zero-order valence-electron chi connectivity index (χ0n) is 27.0. The first-order chi connectivity index (χ1) is 20.1. The molecule has 0 spiro atoms. The van der Waals surface area contributed by atoms with Gasteiger partial charge in [0.05, 0.1) is 0 Å². The Morgan fingerprint density at radius 3 is 2.90 bits per heavy atom. The number of hydrogen-bond donors (Lipinski definition) is 0. The van der Waals surface area contributed by atoms with Crippen molar-refractivity contribution >= 4 is 17.5 Å². The number of fused-ring (bicyclic) bond motifs is 4. The number of thioether (sulfide) groups is 1. The van der Waals surface area contributed by atoms with Crippen molar-refractivity contribution in [3.8, 4) is 0 Å². The van der Waals surface area contributed by atoms with Crippen LogP contribution >= 0.6 is 11.8 Å². The molecule has 0 bridgehead atoms. The maximum Gasteiger partial charge on any atom is 0.175 e. The van der Waals surface area contributed by atoms with E-state index in [4.69, 9.17) is 14.2 Å². The molecule has 3 unspecified atom stereocenters. The number of hydrogen-bond acceptors (Lipinski definition) is 3. The summed E-state index contributed by atoms with van der Waals surface area (Å²) >= 11 is 1.82. The molecular weight excluding hydrogens is 691 g/mol. The van der Waals surface area contributed by atoms with Crippen LogP contribution in [0.2, 0.25) is 0 Å². The number of rotatable bonds is 2. The largest absolute Gasteiger partial charge is 0.769 e. The minimum Gasteiger partial charge on any atom is -0.769 e. The van der Waals surface area contributed by atoms with E-state index >= 15 is 0 Å². The number of dihydropyridines is 1. The zero-order valence-corrected chi connectivity index (χ0v) is 27.2. The van der Waals surface area contributed by atoms with Crippen molar-refractivity contribution in [3.05, 3.63) is 86.6 Å². The van der Waals surface area contributed by atoms with Gasteiger partial charge in [0.15, 0.2) is 6.23 Å². The molecule has 40 heavy (non-hydrogen) atoms. The van der Waals surface area contributed by atoms with Gasteiger partial charge in [-0.15, -0.1) is 37.2 Å². The quantitative estimate of drug-likeness (QED) is 0.266. The first-order valence-corrected chi connectivity index (χ1v) is 15.7. The summed E-state index contributed by atoms with van der Waals surface area (Å²) in [5.74, 6) is 3.60. The monoisotopic (exact) mass is 737 g/mol. The fourth-order valence-electron chi connectivity index (χ4n) is 6.53. The molecular formula is C34H43IrN3OS-4. The summed E-state index contributed by atoms with van der Waals surface area (Å²) < 4.78 is 29.1. The van der Waals surface area contributed by atoms with E-state index in [0.717, 1.165) is 43.9 Å². The molecule has 1 saturated heterocycles. The van der Waals surface area contributed by atoms with E-state index in [9.17, 15) is 0 Å². The van der Waals surface area contributed by atoms with E-state index in [-0.39, 0.29) is 49.1 Å². The minimum absolute atomic E-state index is 0. The first kappa shape index (κ1) is 26.2. The molecule has 7 rings (SSSR count). The number of aliphatic imine (C=N–C) groups is 1. The second-order valence-corrected chi connectivity index (χ2v) is 13.6. The topological polar surface area (TPSA) is 49.8 Å². The molecule has 5 heterocycles. The van der Waals surface area contributed by atoms with E-state index in [1.165, 1.54) is 40.2 Å². The fourth-order valence-corrected chi connectivity index (χ4v) is 7.59. The maximum absolute atomic E-state index is 7.61. The van der Waals surface area contributed by atoms with Crippen molar-refractivity contribution in [2.45, 2.75) is 90.7 Å². The van der Waals surface area contributed by atoms with E-state index in [1.807, 2.05) is 17.8 Å². The third kappa shape index (κ3) is 6.31. The second-order valence-electron chi connectivity index (χ2n) is 12.2. The number of nitrogens with zero attached hydrogens (tertiary/aromatic N) is 3. The van der Waals surface area contributed by atoms with Crippen molar-refractivity contribution in [2.24, 2.45) is 34.6 Å². The van der Waals surface area contributed by atoms with Crippen LogP contribution in [-0.4, -0.2) is 29.9 Å². The molecule has 5 aliphatic heterocycles. The predicted octanol–water partition coefficient (Wildman–Crippen LogP) is 8.98. The van der Waals surface area contributed by atoms with Gasteiger partial charge in [-0.2, -0.15) is 11.6 Å². The molecule has 219 valence electrons. The van der Waals surface area contributed by atoms with Crippen LogP contribution in [0, 0.1) is 42.1 Å². The Morgan fingerprint density at radius 1 is 1.25 bits per heavy atom. The van der Waals surface area contributed by atoms with Gasteiger partial charge in [0.1, 0.15) is 0 Å². The summed E-state index contributed by atoms with van der Waals surface area (Å²) in [4.78, 5) is 5.74. The van der Waals surface area contributed by atoms with Crippen LogP contribution < -0.4 is 0 Å². The van der Waals surface area contributed by atoms with Crippen molar-refractivity contribution in [1.82, 2.24) is 0 Å². The van der Waals surface area contributed by atoms with Gasteiger partial charge < -0.3 is 21.1 Å². The minimum atomic E-state index is -2.19. The molecule has 0 aromatic heterocycles. The van der Waals surface area contributed by atoms with E-state index < -0.39 is 13.1 Å². The van der Waals surface area contributed by atoms with Gasteiger partial charge in [-0.3, -0.25) is 6.08 Å². The summed E-state index contributed by atoms with van der Waals surface area (Å²) in [5, 5.41) is 9.95. The van der Waals surface area contributed by atoms with Crippen LogP contribution in [0.5, 0.6) is 0 Å². The molecule has 7 aliphatic rings. The summed E-state index contributed by atoms with van der Waals surface area (Å²) in [5.41, 5.74) is 5.29. The van der Waals surface area contributed by atoms with Gasteiger partial charge in [0.25, 0.3) is 0 Å². The predicted molar refractivity (Wildman–Crippen MR) is 164 cm³/mol. The number of ether oxygens (including phenoxy) is 1. The van der Waals surface area contributed by atoms with Crippen molar-refractivity contribution in [3.63, 3.8) is 0 Å². The Hall–Kier alpha value is -1.46. The fraction of sp³-hybridized carbons (Fsp3) is 0.588. The van der Waals surface area contributed by atoms with E-state index in [0.29, 0.717) is 11.8 Å². The van der Waals surface area contributed by atoms with Gasteiger partial charge in [-0.05, 0) is 48.8 Å². The molecule has 0 saturated carbocycles. The van der Waals surface area contributed by atoms with Gasteiger partial charge in [-0.1, -0.05) is 81.0 Å². The molecule has 0 aromatic rings. The smallest absolute Gasteiger partial charge is 0.175 e. The summed E-state index contributed by atoms with van der Waals surface area (Å²) in [6, 6.07) is 0.124. The Morgan fingerprint density at radius 2 is 2.12 bits per heavy atom. The average molecular weight is 737 g/mol. The Balaban J connectivity index is 0.000000197. The molecule has 0 N–H and O–H groups in total. The van der Waals surface area contributed by atoms with Gasteiger partial charge >= 0.3 is 0 Å². The molecule has 1 fully saturated rings. The number of allylic oxidation sites excluding steroid dienone is 6. The molecule has 0 amide bonds. The molecule has 8 atom stereocenters. The van der Waals surface area contributed by atoms with Gasteiger partial charge in [-0.25, -0.2) is 17.0 Å². The van der Waals surface area contributed by atoms with Crippen molar-refractivity contribution < 1.29 is 29.0 Å². The third-order valence-corrected chi connectivity index (χ3v) is 10.3. The summed E-state index contributed by atoms with van der Waals surface area (Å²) in [7, 11) is 0. The van der Waals surface area contributed by atoms with Gasteiger partial charge in [0.2, 0.25) is 0 Å². The van der Waals surface area contributed by atoms with Crippen LogP contribution in [0.15, 0.2) is 68.5 Å². The molecule has 2 aliphatic carbocycles. The summed E-state index contributed by atoms with van der Waals surface area (Å²) in [6.07, 6.45) is 22.5. The third-order valence-electron chi connectivity index (χ3n) is 9.18. The standard InChI is InChI=1S/C20H22N2OS.C14H21N.Ir/c1-11-6-8-15-14-4-3-5-16(18(14)23-19(15)21-11)17-9-7-13-10-12(2)24-20(13)22-17;1-10-4-6-13(7-5-10)14-8-11(2)12(3)9-15-14;/h5-8,10,14-15,17,19-20H,3-4,9H2,1-2H3;8,10-12H,4-6,9H2,1-3H3;/q2*-2;/t14-,15?,17?,19-,20?;10-,11+,12-;/m01./s1/i1D3;;. The first-order valence-electron chi connectivity index (χ1n) is 16.3. The van der Waals surface area contributed by atoms with Crippen molar-refractivity contribution in [1.29, 1.82) is 0 Å². The Kier molecular flexibility index (Phi) is 8.39. The molecule has 4 nitrogen and oxygen atoms in total. The van der Waals surface area contributed by atoms with E-state index in [2.05, 4.69) is 68.7 Å². The maximum atomic E-state index is 7.61. The molecule has 6 heteroatoms. The normalized spacial score (nSPS) is 39.1. The van der Waals surface area contributed by atoms with Crippen molar-refractivity contribution in [2.75, 3.05) is 6.54 Å². The summed E-state index contributed by atoms with van der Waals surface area (Å²) in [6.45, 7) is 7.82. The van der Waals surface area contributed by atoms with Crippen LogP contribution in [0.1, 0.15) is 77.2 Å². The molecule has 1 radical (unpaired) electrons. The van der Waals surface area contributed by atoms with Crippen LogP contribution in [0.25, 0.3) is 10.6 Å². The zero-order chi connectivity index (χ0) is 29.6. The SMILES string of the molecule is C[C@H]1C[C-]=C(C2=C[C@H](C)[C@H](C)C[N-]2)CC1.[2H]C([2H])([2H])C1=N[C@H]2OC3=C(C4CC=C5C=C(C)SC5[N-]4)[CH-]CC[C@H]3C2C=C1.[Ir]. The average Bonchev–Trinajstić information content (AvgIpc) is 3.53. The second kappa shape index (κ2) is 12.8. The van der Waals surface area contributed by atoms with E-state index in [1.54, 1.807) is 6.08 Å². The molecule has 0 aromatic carbocycles. The van der Waals surface area contributed by atoms with Crippen LogP contribution in [0.3, 0.4) is 0 Å².